The van der Waals surface area contributed by atoms with E-state index in [2.05, 4.69) is 0 Å². The zero-order valence-electron chi connectivity index (χ0n) is 10.1. The summed E-state index contributed by atoms with van der Waals surface area (Å²) in [5, 5.41) is 9.10. The lowest BCUT2D eigenvalue weighted by Gasteiger charge is -2.14. The van der Waals surface area contributed by atoms with Gasteiger partial charge in [0, 0.05) is 7.11 Å². The summed E-state index contributed by atoms with van der Waals surface area (Å²) in [6, 6.07) is 5.02. The van der Waals surface area contributed by atoms with E-state index in [9.17, 15) is 4.79 Å². The van der Waals surface area contributed by atoms with E-state index in [4.69, 9.17) is 19.3 Å². The van der Waals surface area contributed by atoms with Crippen molar-refractivity contribution < 1.29 is 24.1 Å². The maximum Gasteiger partial charge on any atom is 0.313 e. The summed E-state index contributed by atoms with van der Waals surface area (Å²) >= 11 is 0. The van der Waals surface area contributed by atoms with Gasteiger partial charge >= 0.3 is 5.97 Å². The Balaban J connectivity index is 3.08. The fourth-order valence-electron chi connectivity index (χ4n) is 1.55. The van der Waals surface area contributed by atoms with Crippen LogP contribution in [0.2, 0.25) is 0 Å². The van der Waals surface area contributed by atoms with E-state index in [0.29, 0.717) is 17.1 Å². The number of methoxy groups -OCH3 is 3. The summed E-state index contributed by atoms with van der Waals surface area (Å²) < 4.78 is 15.1. The van der Waals surface area contributed by atoms with Crippen LogP contribution in [0.5, 0.6) is 11.5 Å². The first-order chi connectivity index (χ1) is 8.13. The highest BCUT2D eigenvalue weighted by Crippen LogP contribution is 2.30. The second kappa shape index (κ2) is 6.10. The van der Waals surface area contributed by atoms with E-state index in [1.165, 1.54) is 21.3 Å². The van der Waals surface area contributed by atoms with E-state index in [1.807, 2.05) is 0 Å². The third-order valence-electron chi connectivity index (χ3n) is 2.44. The Morgan fingerprint density at radius 1 is 1.24 bits per heavy atom. The Morgan fingerprint density at radius 2 is 1.88 bits per heavy atom. The van der Waals surface area contributed by atoms with Crippen LogP contribution in [-0.2, 0) is 9.53 Å². The molecule has 0 aromatic heterocycles. The molecule has 5 nitrogen and oxygen atoms in total. The zero-order chi connectivity index (χ0) is 12.8. The molecule has 0 amide bonds. The van der Waals surface area contributed by atoms with Crippen LogP contribution in [0.3, 0.4) is 0 Å². The Hall–Kier alpha value is -1.75. The van der Waals surface area contributed by atoms with Crippen molar-refractivity contribution in [3.05, 3.63) is 23.8 Å². The lowest BCUT2D eigenvalue weighted by molar-refractivity contribution is -0.140. The molecule has 0 aliphatic carbocycles. The monoisotopic (exact) mass is 240 g/mol. The number of aliphatic carboxylic acids is 1. The highest BCUT2D eigenvalue weighted by Gasteiger charge is 2.21. The summed E-state index contributed by atoms with van der Waals surface area (Å²) in [5.41, 5.74) is 0.622. The zero-order valence-corrected chi connectivity index (χ0v) is 10.1. The molecule has 94 valence electrons. The van der Waals surface area contributed by atoms with Crippen LogP contribution in [0.25, 0.3) is 0 Å². The highest BCUT2D eigenvalue weighted by molar-refractivity contribution is 5.76. The molecule has 0 spiro atoms. The van der Waals surface area contributed by atoms with Crippen molar-refractivity contribution in [3.63, 3.8) is 0 Å². The van der Waals surface area contributed by atoms with Gasteiger partial charge in [-0.25, -0.2) is 0 Å². The molecule has 1 unspecified atom stereocenters. The van der Waals surface area contributed by atoms with E-state index in [1.54, 1.807) is 18.2 Å². The van der Waals surface area contributed by atoms with Crippen molar-refractivity contribution in [2.45, 2.75) is 5.92 Å². The van der Waals surface area contributed by atoms with E-state index < -0.39 is 11.9 Å². The van der Waals surface area contributed by atoms with E-state index in [-0.39, 0.29) is 6.61 Å². The molecule has 1 aromatic carbocycles. The molecule has 0 aliphatic heterocycles. The topological polar surface area (TPSA) is 65.0 Å². The van der Waals surface area contributed by atoms with Crippen molar-refractivity contribution in [1.82, 2.24) is 0 Å². The molecule has 17 heavy (non-hydrogen) atoms. The van der Waals surface area contributed by atoms with Crippen molar-refractivity contribution in [2.75, 3.05) is 27.9 Å². The van der Waals surface area contributed by atoms with Crippen molar-refractivity contribution in [3.8, 4) is 11.5 Å². The fraction of sp³-hybridized carbons (Fsp3) is 0.417. The molecule has 0 fully saturated rings. The van der Waals surface area contributed by atoms with Crippen molar-refractivity contribution in [1.29, 1.82) is 0 Å². The molecule has 0 radical (unpaired) electrons. The van der Waals surface area contributed by atoms with Gasteiger partial charge in [-0.2, -0.15) is 0 Å². The van der Waals surface area contributed by atoms with Gasteiger partial charge in [-0.1, -0.05) is 6.07 Å². The number of hydrogen-bond acceptors (Lipinski definition) is 4. The third-order valence-corrected chi connectivity index (χ3v) is 2.44. The molecule has 0 bridgehead atoms. The first kappa shape index (κ1) is 13.3. The number of carboxylic acid groups (broad SMARTS) is 1. The summed E-state index contributed by atoms with van der Waals surface area (Å²) in [6.45, 7) is 0.116. The van der Waals surface area contributed by atoms with Crippen LogP contribution in [0.1, 0.15) is 11.5 Å². The fourth-order valence-corrected chi connectivity index (χ4v) is 1.55. The third kappa shape index (κ3) is 3.10. The molecule has 0 saturated carbocycles. The molecule has 1 aromatic rings. The van der Waals surface area contributed by atoms with Crippen molar-refractivity contribution in [2.24, 2.45) is 0 Å². The summed E-state index contributed by atoms with van der Waals surface area (Å²) in [7, 11) is 4.51. The molecule has 1 atom stereocenters. The smallest absolute Gasteiger partial charge is 0.313 e. The predicted molar refractivity (Wildman–Crippen MR) is 61.8 cm³/mol. The second-order valence-electron chi connectivity index (χ2n) is 3.46. The molecule has 0 saturated heterocycles. The first-order valence-electron chi connectivity index (χ1n) is 5.07. The van der Waals surface area contributed by atoms with Crippen LogP contribution in [0, 0.1) is 0 Å². The Kier molecular flexibility index (Phi) is 4.78. The largest absolute Gasteiger partial charge is 0.493 e. The van der Waals surface area contributed by atoms with Crippen LogP contribution in [0.15, 0.2) is 18.2 Å². The van der Waals surface area contributed by atoms with Crippen molar-refractivity contribution >= 4 is 5.97 Å². The Labute approximate surface area is 99.9 Å². The molecule has 1 rings (SSSR count). The van der Waals surface area contributed by atoms with Crippen LogP contribution in [-0.4, -0.2) is 39.0 Å². The van der Waals surface area contributed by atoms with Gasteiger partial charge in [0.05, 0.1) is 20.8 Å². The minimum absolute atomic E-state index is 0.116. The SMILES string of the molecule is COCC(C(=O)O)c1ccc(OC)c(OC)c1. The van der Waals surface area contributed by atoms with Gasteiger partial charge in [0.2, 0.25) is 0 Å². The van der Waals surface area contributed by atoms with Gasteiger partial charge in [-0.15, -0.1) is 0 Å². The van der Waals surface area contributed by atoms with E-state index in [0.717, 1.165) is 0 Å². The average molecular weight is 240 g/mol. The molecule has 5 heteroatoms. The minimum atomic E-state index is -0.931. The summed E-state index contributed by atoms with van der Waals surface area (Å²) in [4.78, 5) is 11.1. The normalized spacial score (nSPS) is 11.9. The van der Waals surface area contributed by atoms with Gasteiger partial charge in [-0.05, 0) is 17.7 Å². The molecule has 1 N–H and O–H groups in total. The minimum Gasteiger partial charge on any atom is -0.493 e. The van der Waals surface area contributed by atoms with Gasteiger partial charge < -0.3 is 19.3 Å². The number of hydrogen-bond donors (Lipinski definition) is 1. The second-order valence-corrected chi connectivity index (χ2v) is 3.46. The molecular weight excluding hydrogens is 224 g/mol. The molecule has 0 aliphatic rings. The summed E-state index contributed by atoms with van der Waals surface area (Å²) in [6.07, 6.45) is 0. The van der Waals surface area contributed by atoms with Crippen LogP contribution >= 0.6 is 0 Å². The predicted octanol–water partition coefficient (Wildman–Crippen LogP) is 1.52. The van der Waals surface area contributed by atoms with Crippen LogP contribution < -0.4 is 9.47 Å². The number of carboxylic acids is 1. The van der Waals surface area contributed by atoms with Crippen LogP contribution in [0.4, 0.5) is 0 Å². The van der Waals surface area contributed by atoms with Gasteiger partial charge in [0.1, 0.15) is 5.92 Å². The molecule has 0 heterocycles. The maximum absolute atomic E-state index is 11.1. The first-order valence-corrected chi connectivity index (χ1v) is 5.07. The molecular formula is C12H16O5. The highest BCUT2D eigenvalue weighted by atomic mass is 16.5. The maximum atomic E-state index is 11.1. The standard InChI is InChI=1S/C12H16O5/c1-15-7-9(12(13)14)8-4-5-10(16-2)11(6-8)17-3/h4-6,9H,7H2,1-3H3,(H,13,14). The number of ether oxygens (including phenoxy) is 3. The quantitative estimate of drug-likeness (QED) is 0.816. The number of rotatable bonds is 6. The average Bonchev–Trinajstić information content (AvgIpc) is 2.34. The lowest BCUT2D eigenvalue weighted by Crippen LogP contribution is -2.17. The van der Waals surface area contributed by atoms with Gasteiger partial charge in [0.25, 0.3) is 0 Å². The Morgan fingerprint density at radius 3 is 2.35 bits per heavy atom. The summed E-state index contributed by atoms with van der Waals surface area (Å²) in [5.74, 6) is -0.566. The lowest BCUT2D eigenvalue weighted by atomic mass is 10.00. The number of benzene rings is 1. The van der Waals surface area contributed by atoms with Gasteiger partial charge in [0.15, 0.2) is 11.5 Å². The van der Waals surface area contributed by atoms with Gasteiger partial charge in [-0.3, -0.25) is 4.79 Å². The number of carbonyl (C=O) groups is 1. The van der Waals surface area contributed by atoms with E-state index >= 15 is 0 Å². The Bertz CT molecular complexity index is 388.